The third-order valence-corrected chi connectivity index (χ3v) is 5.91. The van der Waals surface area contributed by atoms with Crippen LogP contribution in [0, 0.1) is 30.9 Å². The number of benzene rings is 3. The number of nitrogens with one attached hydrogen (secondary N) is 2. The lowest BCUT2D eigenvalue weighted by Crippen LogP contribution is -2.38. The zero-order chi connectivity index (χ0) is 26.9. The van der Waals surface area contributed by atoms with Crippen LogP contribution in [0.2, 0.25) is 0 Å². The average Bonchev–Trinajstić information content (AvgIpc) is 3.22. The van der Waals surface area contributed by atoms with Gasteiger partial charge < -0.3 is 9.73 Å². The summed E-state index contributed by atoms with van der Waals surface area (Å²) in [7, 11) is 0. The van der Waals surface area contributed by atoms with Crippen LogP contribution in [-0.2, 0) is 6.54 Å². The maximum Gasteiger partial charge on any atom is 0.412 e. The maximum absolute atomic E-state index is 13.9. The molecule has 0 aliphatic rings. The maximum atomic E-state index is 13.9. The topological polar surface area (TPSA) is 71.0 Å². The van der Waals surface area contributed by atoms with Crippen molar-refractivity contribution in [2.75, 3.05) is 0 Å². The van der Waals surface area contributed by atoms with Crippen LogP contribution >= 0.6 is 0 Å². The molecular formula is C27H22F5N3O2. The number of aryl methyl sites for hydroxylation is 2. The van der Waals surface area contributed by atoms with E-state index in [0.717, 1.165) is 18.2 Å². The van der Waals surface area contributed by atoms with Crippen LogP contribution in [0.4, 0.5) is 22.0 Å². The first-order valence-corrected chi connectivity index (χ1v) is 11.1. The summed E-state index contributed by atoms with van der Waals surface area (Å²) in [5, 5.41) is 9.85. The molecule has 0 saturated heterocycles. The third kappa shape index (κ3) is 5.79. The van der Waals surface area contributed by atoms with Gasteiger partial charge >= 0.3 is 6.18 Å². The van der Waals surface area contributed by atoms with E-state index in [1.165, 1.54) is 54.3 Å². The minimum Gasteiger partial charge on any atom is -0.432 e. The van der Waals surface area contributed by atoms with Gasteiger partial charge in [0.2, 0.25) is 0 Å². The standard InChI is InChI=1S/C27H22F5N3O2/c1-15-10-21(28)4-5-22(15)19-11-17(14-35-7-8-37-26(35)33)12-20(13-19)25(36)34-24(27(30,31)32)18-3-6-23(29)16(2)9-18/h3-13,24,33H,14H2,1-2H3,(H,34,36)/t24-/m0/s1. The molecule has 4 rings (SSSR count). The Labute approximate surface area is 208 Å². The van der Waals surface area contributed by atoms with Crippen molar-refractivity contribution in [3.63, 3.8) is 0 Å². The second-order valence-electron chi connectivity index (χ2n) is 8.67. The summed E-state index contributed by atoms with van der Waals surface area (Å²) in [6, 6.07) is 9.20. The Morgan fingerprint density at radius 3 is 2.41 bits per heavy atom. The Hall–Kier alpha value is -4.21. The highest BCUT2D eigenvalue weighted by molar-refractivity contribution is 5.96. The van der Waals surface area contributed by atoms with Crippen LogP contribution < -0.4 is 11.0 Å². The summed E-state index contributed by atoms with van der Waals surface area (Å²) in [6.07, 6.45) is -2.03. The lowest BCUT2D eigenvalue weighted by atomic mass is 9.95. The number of carbonyl (C=O) groups excluding carboxylic acids is 1. The van der Waals surface area contributed by atoms with Gasteiger partial charge in [-0.15, -0.1) is 0 Å². The summed E-state index contributed by atoms with van der Waals surface area (Å²) >= 11 is 0. The number of nitrogens with zero attached hydrogens (tertiary/aromatic N) is 1. The van der Waals surface area contributed by atoms with Crippen molar-refractivity contribution in [3.8, 4) is 11.1 Å². The second kappa shape index (κ2) is 10.0. The number of oxazole rings is 1. The van der Waals surface area contributed by atoms with Crippen LogP contribution in [0.5, 0.6) is 0 Å². The van der Waals surface area contributed by atoms with E-state index in [9.17, 15) is 26.7 Å². The number of amides is 1. The van der Waals surface area contributed by atoms with Crippen molar-refractivity contribution in [3.05, 3.63) is 112 Å². The molecule has 3 aromatic carbocycles. The van der Waals surface area contributed by atoms with Gasteiger partial charge in [0.1, 0.15) is 17.9 Å². The van der Waals surface area contributed by atoms with Gasteiger partial charge in [-0.3, -0.25) is 14.8 Å². The smallest absolute Gasteiger partial charge is 0.412 e. The van der Waals surface area contributed by atoms with Gasteiger partial charge in [0.15, 0.2) is 6.04 Å². The summed E-state index contributed by atoms with van der Waals surface area (Å²) in [4.78, 5) is 13.2. The van der Waals surface area contributed by atoms with E-state index in [2.05, 4.69) is 0 Å². The molecule has 0 aliphatic carbocycles. The summed E-state index contributed by atoms with van der Waals surface area (Å²) in [5.74, 6) is -2.12. The number of carbonyl (C=O) groups is 1. The molecule has 1 amide bonds. The van der Waals surface area contributed by atoms with E-state index in [4.69, 9.17) is 9.83 Å². The Bertz CT molecular complexity index is 1520. The highest BCUT2D eigenvalue weighted by Crippen LogP contribution is 2.34. The van der Waals surface area contributed by atoms with E-state index >= 15 is 0 Å². The van der Waals surface area contributed by atoms with Crippen LogP contribution in [0.25, 0.3) is 11.1 Å². The van der Waals surface area contributed by atoms with E-state index in [0.29, 0.717) is 22.3 Å². The van der Waals surface area contributed by atoms with Gasteiger partial charge in [-0.05, 0) is 83.6 Å². The van der Waals surface area contributed by atoms with Gasteiger partial charge in [-0.2, -0.15) is 13.2 Å². The van der Waals surface area contributed by atoms with Crippen LogP contribution in [0.1, 0.15) is 38.7 Å². The van der Waals surface area contributed by atoms with Gasteiger partial charge in [-0.25, -0.2) is 8.78 Å². The zero-order valence-electron chi connectivity index (χ0n) is 19.8. The molecule has 192 valence electrons. The van der Waals surface area contributed by atoms with Crippen molar-refractivity contribution in [2.24, 2.45) is 0 Å². The molecule has 0 aliphatic heterocycles. The molecule has 0 radical (unpaired) electrons. The second-order valence-corrected chi connectivity index (χ2v) is 8.67. The fourth-order valence-corrected chi connectivity index (χ4v) is 4.06. The molecule has 0 bridgehead atoms. The number of alkyl halides is 3. The SMILES string of the molecule is Cc1cc([C@H](NC(=O)c2cc(Cn3ccoc3=N)cc(-c3ccc(F)cc3C)c2)C(F)(F)F)ccc1F. The molecule has 10 heteroatoms. The Balaban J connectivity index is 1.76. The normalized spacial score (nSPS) is 12.4. The predicted molar refractivity (Wildman–Crippen MR) is 126 cm³/mol. The molecule has 37 heavy (non-hydrogen) atoms. The van der Waals surface area contributed by atoms with Gasteiger partial charge in [0.05, 0.1) is 6.54 Å². The first-order chi connectivity index (χ1) is 17.4. The fourth-order valence-electron chi connectivity index (χ4n) is 4.06. The van der Waals surface area contributed by atoms with Crippen LogP contribution in [-0.4, -0.2) is 16.7 Å². The van der Waals surface area contributed by atoms with E-state index in [-0.39, 0.29) is 28.9 Å². The summed E-state index contributed by atoms with van der Waals surface area (Å²) in [6.45, 7) is 3.11. The number of hydrogen-bond acceptors (Lipinski definition) is 3. The summed E-state index contributed by atoms with van der Waals surface area (Å²) in [5.41, 5.74) is 1.62. The molecular weight excluding hydrogens is 493 g/mol. The summed E-state index contributed by atoms with van der Waals surface area (Å²) < 4.78 is 75.6. The Kier molecular flexibility index (Phi) is 7.02. The molecule has 1 heterocycles. The molecule has 0 spiro atoms. The van der Waals surface area contributed by atoms with Crippen molar-refractivity contribution >= 4 is 5.91 Å². The predicted octanol–water partition coefficient (Wildman–Crippen LogP) is 6.20. The van der Waals surface area contributed by atoms with Crippen molar-refractivity contribution < 1.29 is 31.2 Å². The molecule has 1 aromatic heterocycles. The molecule has 0 unspecified atom stereocenters. The van der Waals surface area contributed by atoms with E-state index in [1.807, 2.05) is 5.32 Å². The minimum atomic E-state index is -4.85. The molecule has 4 aromatic rings. The number of halogens is 5. The fraction of sp³-hybridized carbons (Fsp3) is 0.185. The first-order valence-electron chi connectivity index (χ1n) is 11.1. The van der Waals surface area contributed by atoms with Crippen LogP contribution in [0.3, 0.4) is 0 Å². The first kappa shape index (κ1) is 25.9. The molecule has 5 nitrogen and oxygen atoms in total. The zero-order valence-corrected chi connectivity index (χ0v) is 19.8. The van der Waals surface area contributed by atoms with E-state index in [1.54, 1.807) is 13.0 Å². The highest BCUT2D eigenvalue weighted by Gasteiger charge is 2.42. The molecule has 0 saturated carbocycles. The largest absolute Gasteiger partial charge is 0.432 e. The average molecular weight is 515 g/mol. The lowest BCUT2D eigenvalue weighted by molar-refractivity contribution is -0.155. The monoisotopic (exact) mass is 515 g/mol. The minimum absolute atomic E-state index is 0.0143. The number of aromatic nitrogens is 1. The lowest BCUT2D eigenvalue weighted by Gasteiger charge is -2.23. The van der Waals surface area contributed by atoms with Crippen molar-refractivity contribution in [1.29, 1.82) is 5.41 Å². The number of rotatable bonds is 6. The van der Waals surface area contributed by atoms with E-state index < -0.39 is 29.8 Å². The number of hydrogen-bond donors (Lipinski definition) is 2. The van der Waals surface area contributed by atoms with Crippen molar-refractivity contribution in [1.82, 2.24) is 9.88 Å². The Morgan fingerprint density at radius 1 is 1.03 bits per heavy atom. The van der Waals surface area contributed by atoms with Gasteiger partial charge in [0.25, 0.3) is 11.6 Å². The third-order valence-electron chi connectivity index (χ3n) is 5.91. The molecule has 2 N–H and O–H groups in total. The van der Waals surface area contributed by atoms with Gasteiger partial charge in [0, 0.05) is 11.8 Å². The highest BCUT2D eigenvalue weighted by atomic mass is 19.4. The quantitative estimate of drug-likeness (QED) is 0.300. The van der Waals surface area contributed by atoms with Crippen LogP contribution in [0.15, 0.2) is 71.5 Å². The Morgan fingerprint density at radius 2 is 1.78 bits per heavy atom. The van der Waals surface area contributed by atoms with Gasteiger partial charge in [-0.1, -0.05) is 18.2 Å². The molecule has 1 atom stereocenters. The molecule has 0 fully saturated rings. The van der Waals surface area contributed by atoms with Crippen molar-refractivity contribution in [2.45, 2.75) is 32.6 Å².